The summed E-state index contributed by atoms with van der Waals surface area (Å²) in [5.74, 6) is 0.222. The molecule has 0 aliphatic rings. The first-order valence-corrected chi connectivity index (χ1v) is 5.12. The summed E-state index contributed by atoms with van der Waals surface area (Å²) in [5, 5.41) is 4.06. The number of rotatable bonds is 3. The van der Waals surface area contributed by atoms with E-state index in [9.17, 15) is 4.79 Å². The van der Waals surface area contributed by atoms with Gasteiger partial charge in [0.2, 0.25) is 0 Å². The SMILES string of the molecule is COC(=O)NN=C(c1ccccc1)C(C)C. The quantitative estimate of drug-likeness (QED) is 0.628. The summed E-state index contributed by atoms with van der Waals surface area (Å²) in [7, 11) is 1.31. The molecule has 16 heavy (non-hydrogen) atoms. The number of nitrogens with zero attached hydrogens (tertiary/aromatic N) is 1. The normalized spacial score (nSPS) is 11.4. The van der Waals surface area contributed by atoms with Crippen molar-refractivity contribution in [3.05, 3.63) is 35.9 Å². The van der Waals surface area contributed by atoms with Crippen molar-refractivity contribution in [2.24, 2.45) is 11.0 Å². The third-order valence-electron chi connectivity index (χ3n) is 2.07. The Morgan fingerprint density at radius 1 is 1.31 bits per heavy atom. The molecule has 4 heteroatoms. The Morgan fingerprint density at radius 3 is 2.44 bits per heavy atom. The lowest BCUT2D eigenvalue weighted by molar-refractivity contribution is 0.171. The van der Waals surface area contributed by atoms with Gasteiger partial charge in [0, 0.05) is 0 Å². The van der Waals surface area contributed by atoms with Crippen molar-refractivity contribution < 1.29 is 9.53 Å². The molecule has 0 heterocycles. The zero-order chi connectivity index (χ0) is 12.0. The van der Waals surface area contributed by atoms with Crippen LogP contribution in [0.4, 0.5) is 4.79 Å². The molecule has 0 spiro atoms. The Hall–Kier alpha value is -1.84. The summed E-state index contributed by atoms with van der Waals surface area (Å²) in [6.45, 7) is 4.04. The highest BCUT2D eigenvalue weighted by atomic mass is 16.5. The van der Waals surface area contributed by atoms with E-state index in [-0.39, 0.29) is 5.92 Å². The lowest BCUT2D eigenvalue weighted by Crippen LogP contribution is -2.21. The smallest absolute Gasteiger partial charge is 0.427 e. The second-order valence-electron chi connectivity index (χ2n) is 3.62. The van der Waals surface area contributed by atoms with Gasteiger partial charge in [-0.05, 0) is 11.5 Å². The number of hydrogen-bond donors (Lipinski definition) is 1. The predicted molar refractivity (Wildman–Crippen MR) is 63.4 cm³/mol. The van der Waals surface area contributed by atoms with E-state index in [2.05, 4.69) is 15.3 Å². The van der Waals surface area contributed by atoms with Gasteiger partial charge < -0.3 is 4.74 Å². The fraction of sp³-hybridized carbons (Fsp3) is 0.333. The van der Waals surface area contributed by atoms with Gasteiger partial charge in [0.05, 0.1) is 12.8 Å². The summed E-state index contributed by atoms with van der Waals surface area (Å²) in [5.41, 5.74) is 4.16. The molecule has 0 aliphatic carbocycles. The molecule has 0 saturated carbocycles. The Bertz CT molecular complexity index is 372. The van der Waals surface area contributed by atoms with E-state index in [1.54, 1.807) is 0 Å². The predicted octanol–water partition coefficient (Wildman–Crippen LogP) is 2.40. The van der Waals surface area contributed by atoms with Gasteiger partial charge in [0.15, 0.2) is 0 Å². The number of nitrogens with one attached hydrogen (secondary N) is 1. The van der Waals surface area contributed by atoms with E-state index in [1.165, 1.54) is 7.11 Å². The van der Waals surface area contributed by atoms with Crippen molar-refractivity contribution in [3.63, 3.8) is 0 Å². The molecule has 0 radical (unpaired) electrons. The minimum Gasteiger partial charge on any atom is -0.452 e. The third kappa shape index (κ3) is 3.38. The van der Waals surface area contributed by atoms with Crippen molar-refractivity contribution in [1.82, 2.24) is 5.43 Å². The highest BCUT2D eigenvalue weighted by molar-refractivity contribution is 6.02. The van der Waals surface area contributed by atoms with Crippen LogP contribution in [-0.4, -0.2) is 18.9 Å². The molecule has 0 aromatic heterocycles. The zero-order valence-corrected chi connectivity index (χ0v) is 9.73. The lowest BCUT2D eigenvalue weighted by Gasteiger charge is -2.10. The fourth-order valence-electron chi connectivity index (χ4n) is 1.29. The van der Waals surface area contributed by atoms with E-state index >= 15 is 0 Å². The molecule has 0 saturated heterocycles. The number of hydrazone groups is 1. The van der Waals surface area contributed by atoms with Crippen LogP contribution < -0.4 is 5.43 Å². The zero-order valence-electron chi connectivity index (χ0n) is 9.73. The number of hydrogen-bond acceptors (Lipinski definition) is 3. The monoisotopic (exact) mass is 220 g/mol. The number of ether oxygens (including phenoxy) is 1. The van der Waals surface area contributed by atoms with Crippen molar-refractivity contribution >= 4 is 11.8 Å². The van der Waals surface area contributed by atoms with Crippen LogP contribution in [0, 0.1) is 5.92 Å². The first kappa shape index (κ1) is 12.2. The van der Waals surface area contributed by atoms with Crippen LogP contribution in [-0.2, 0) is 4.74 Å². The summed E-state index contributed by atoms with van der Waals surface area (Å²) in [6.07, 6.45) is -0.561. The average Bonchev–Trinajstić information content (AvgIpc) is 2.30. The van der Waals surface area contributed by atoms with Gasteiger partial charge in [-0.15, -0.1) is 0 Å². The Balaban J connectivity index is 2.88. The molecule has 4 nitrogen and oxygen atoms in total. The average molecular weight is 220 g/mol. The minimum atomic E-state index is -0.561. The Kier molecular flexibility index (Phi) is 4.51. The van der Waals surface area contributed by atoms with Crippen LogP contribution in [0.2, 0.25) is 0 Å². The van der Waals surface area contributed by atoms with E-state index < -0.39 is 6.09 Å². The summed E-state index contributed by atoms with van der Waals surface area (Å²) < 4.78 is 4.46. The molecular weight excluding hydrogens is 204 g/mol. The first-order chi connectivity index (χ1) is 7.65. The second-order valence-corrected chi connectivity index (χ2v) is 3.62. The number of methoxy groups -OCH3 is 1. The summed E-state index contributed by atoms with van der Waals surface area (Å²) in [6, 6.07) is 9.72. The molecule has 1 aromatic carbocycles. The van der Waals surface area contributed by atoms with Gasteiger partial charge in [-0.25, -0.2) is 10.2 Å². The maximum Gasteiger partial charge on any atom is 0.427 e. The molecule has 1 aromatic rings. The van der Waals surface area contributed by atoms with Crippen molar-refractivity contribution in [2.75, 3.05) is 7.11 Å². The maximum atomic E-state index is 10.9. The van der Waals surface area contributed by atoms with Gasteiger partial charge >= 0.3 is 6.09 Å². The number of carbonyl (C=O) groups is 1. The van der Waals surface area contributed by atoms with Crippen LogP contribution >= 0.6 is 0 Å². The van der Waals surface area contributed by atoms with E-state index in [4.69, 9.17) is 0 Å². The maximum absolute atomic E-state index is 10.9. The molecule has 0 bridgehead atoms. The van der Waals surface area contributed by atoms with Crippen molar-refractivity contribution in [3.8, 4) is 0 Å². The van der Waals surface area contributed by atoms with Gasteiger partial charge in [0.1, 0.15) is 0 Å². The molecule has 0 aliphatic heterocycles. The van der Waals surface area contributed by atoms with Gasteiger partial charge in [-0.2, -0.15) is 5.10 Å². The highest BCUT2D eigenvalue weighted by Gasteiger charge is 2.08. The molecule has 86 valence electrons. The van der Waals surface area contributed by atoms with Gasteiger partial charge in [-0.3, -0.25) is 0 Å². The van der Waals surface area contributed by atoms with Crippen LogP contribution in [0.1, 0.15) is 19.4 Å². The van der Waals surface area contributed by atoms with Crippen LogP contribution in [0.5, 0.6) is 0 Å². The van der Waals surface area contributed by atoms with Gasteiger partial charge in [-0.1, -0.05) is 44.2 Å². The molecule has 1 rings (SSSR count). The molecule has 0 fully saturated rings. The Morgan fingerprint density at radius 2 is 1.94 bits per heavy atom. The van der Waals surface area contributed by atoms with E-state index in [0.717, 1.165) is 11.3 Å². The van der Waals surface area contributed by atoms with Gasteiger partial charge in [0.25, 0.3) is 0 Å². The summed E-state index contributed by atoms with van der Waals surface area (Å²) >= 11 is 0. The molecule has 1 amide bonds. The lowest BCUT2D eigenvalue weighted by atomic mass is 10.0. The van der Waals surface area contributed by atoms with Crippen LogP contribution in [0.3, 0.4) is 0 Å². The van der Waals surface area contributed by atoms with E-state index in [1.807, 2.05) is 44.2 Å². The molecule has 0 atom stereocenters. The number of carbonyl (C=O) groups excluding carboxylic acids is 1. The summed E-state index contributed by atoms with van der Waals surface area (Å²) in [4.78, 5) is 10.9. The standard InChI is InChI=1S/C12H16N2O2/c1-9(2)11(13-14-12(15)16-3)10-7-5-4-6-8-10/h4-9H,1-3H3,(H,14,15). The first-order valence-electron chi connectivity index (χ1n) is 5.12. The third-order valence-corrected chi connectivity index (χ3v) is 2.07. The van der Waals surface area contributed by atoms with E-state index in [0.29, 0.717) is 0 Å². The van der Waals surface area contributed by atoms with Crippen LogP contribution in [0.15, 0.2) is 35.4 Å². The molecule has 1 N–H and O–H groups in total. The minimum absolute atomic E-state index is 0.222. The van der Waals surface area contributed by atoms with Crippen molar-refractivity contribution in [2.45, 2.75) is 13.8 Å². The largest absolute Gasteiger partial charge is 0.452 e. The van der Waals surface area contributed by atoms with Crippen molar-refractivity contribution in [1.29, 1.82) is 0 Å². The Labute approximate surface area is 95.3 Å². The molecule has 0 unspecified atom stereocenters. The fourth-order valence-corrected chi connectivity index (χ4v) is 1.29. The molecular formula is C12H16N2O2. The highest BCUT2D eigenvalue weighted by Crippen LogP contribution is 2.08. The topological polar surface area (TPSA) is 50.7 Å². The van der Waals surface area contributed by atoms with Crippen LogP contribution in [0.25, 0.3) is 0 Å². The number of benzene rings is 1. The second kappa shape index (κ2) is 5.90. The number of amides is 1.